The Morgan fingerprint density at radius 3 is 2.38 bits per heavy atom. The Hall–Kier alpha value is -1.06. The molecule has 2 atom stereocenters. The second-order valence-corrected chi connectivity index (χ2v) is 4.52. The maximum Gasteiger partial charge on any atom is 0.303 e. The lowest BCUT2D eigenvalue weighted by molar-refractivity contribution is -0.138. The van der Waals surface area contributed by atoms with E-state index in [-0.39, 0.29) is 24.3 Å². The van der Waals surface area contributed by atoms with Crippen molar-refractivity contribution in [2.45, 2.75) is 58.9 Å². The Morgan fingerprint density at radius 2 is 1.88 bits per heavy atom. The smallest absolute Gasteiger partial charge is 0.303 e. The number of hydrogen-bond acceptors (Lipinski definition) is 2. The van der Waals surface area contributed by atoms with Crippen LogP contribution in [0.25, 0.3) is 0 Å². The molecule has 1 amide bonds. The van der Waals surface area contributed by atoms with Gasteiger partial charge >= 0.3 is 5.97 Å². The third kappa shape index (κ3) is 8.26. The van der Waals surface area contributed by atoms with Crippen LogP contribution in [0.5, 0.6) is 0 Å². The van der Waals surface area contributed by atoms with Crippen LogP contribution in [-0.2, 0) is 9.59 Å². The number of hydrogen-bond donors (Lipinski definition) is 2. The van der Waals surface area contributed by atoms with Crippen LogP contribution in [-0.4, -0.2) is 23.0 Å². The van der Waals surface area contributed by atoms with Gasteiger partial charge in [0, 0.05) is 18.9 Å². The van der Waals surface area contributed by atoms with Crippen molar-refractivity contribution in [3.8, 4) is 0 Å². The topological polar surface area (TPSA) is 66.4 Å². The average Bonchev–Trinajstić information content (AvgIpc) is 2.12. The average molecular weight is 229 g/mol. The van der Waals surface area contributed by atoms with Gasteiger partial charge in [-0.1, -0.05) is 26.7 Å². The summed E-state index contributed by atoms with van der Waals surface area (Å²) in [7, 11) is 0. The van der Waals surface area contributed by atoms with E-state index in [0.29, 0.717) is 6.42 Å². The van der Waals surface area contributed by atoms with Crippen LogP contribution in [0.2, 0.25) is 0 Å². The van der Waals surface area contributed by atoms with Crippen LogP contribution in [0, 0.1) is 5.92 Å². The van der Waals surface area contributed by atoms with Crippen LogP contribution in [0.15, 0.2) is 0 Å². The molecule has 2 unspecified atom stereocenters. The number of carboxylic acids is 1. The van der Waals surface area contributed by atoms with Crippen molar-refractivity contribution in [2.75, 3.05) is 0 Å². The van der Waals surface area contributed by atoms with Crippen molar-refractivity contribution < 1.29 is 14.7 Å². The lowest BCUT2D eigenvalue weighted by Gasteiger charge is -2.15. The minimum atomic E-state index is -0.848. The molecule has 0 aromatic carbocycles. The number of amides is 1. The van der Waals surface area contributed by atoms with Gasteiger partial charge in [-0.15, -0.1) is 0 Å². The lowest BCUT2D eigenvalue weighted by atomic mass is 10.0. The van der Waals surface area contributed by atoms with Crippen LogP contribution in [0.3, 0.4) is 0 Å². The molecular formula is C12H23NO3. The van der Waals surface area contributed by atoms with E-state index in [1.54, 1.807) is 6.92 Å². The van der Waals surface area contributed by atoms with Crippen molar-refractivity contribution in [3.63, 3.8) is 0 Å². The first-order valence-electron chi connectivity index (χ1n) is 5.96. The van der Waals surface area contributed by atoms with Gasteiger partial charge in [-0.25, -0.2) is 0 Å². The predicted octanol–water partition coefficient (Wildman–Crippen LogP) is 2.18. The minimum absolute atomic E-state index is 0.0441. The van der Waals surface area contributed by atoms with E-state index in [1.165, 1.54) is 0 Å². The summed E-state index contributed by atoms with van der Waals surface area (Å²) < 4.78 is 0. The summed E-state index contributed by atoms with van der Waals surface area (Å²) in [5.41, 5.74) is 0. The first kappa shape index (κ1) is 14.9. The Morgan fingerprint density at radius 1 is 1.25 bits per heavy atom. The van der Waals surface area contributed by atoms with Crippen LogP contribution >= 0.6 is 0 Å². The van der Waals surface area contributed by atoms with Gasteiger partial charge in [0.05, 0.1) is 0 Å². The Kier molecular flexibility index (Phi) is 7.60. The number of carbonyl (C=O) groups is 2. The molecule has 0 rings (SSSR count). The SMILES string of the molecule is CCCCC(C)NC(=O)CC(C)CC(=O)O. The van der Waals surface area contributed by atoms with Gasteiger partial charge in [-0.05, 0) is 19.3 Å². The number of unbranched alkanes of at least 4 members (excludes halogenated alkanes) is 1. The molecule has 0 spiro atoms. The second-order valence-electron chi connectivity index (χ2n) is 4.52. The largest absolute Gasteiger partial charge is 0.481 e. The summed E-state index contributed by atoms with van der Waals surface area (Å²) in [6.07, 6.45) is 3.55. The fourth-order valence-corrected chi connectivity index (χ4v) is 1.60. The highest BCUT2D eigenvalue weighted by molar-refractivity contribution is 5.77. The molecule has 4 heteroatoms. The van der Waals surface area contributed by atoms with Crippen LogP contribution in [0.4, 0.5) is 0 Å². The fraction of sp³-hybridized carbons (Fsp3) is 0.833. The van der Waals surface area contributed by atoms with E-state index < -0.39 is 5.97 Å². The van der Waals surface area contributed by atoms with Gasteiger partial charge in [-0.3, -0.25) is 9.59 Å². The summed E-state index contributed by atoms with van der Waals surface area (Å²) >= 11 is 0. The van der Waals surface area contributed by atoms with Gasteiger partial charge in [0.1, 0.15) is 0 Å². The predicted molar refractivity (Wildman–Crippen MR) is 63.2 cm³/mol. The van der Waals surface area contributed by atoms with E-state index in [9.17, 15) is 9.59 Å². The molecule has 2 N–H and O–H groups in total. The summed E-state index contributed by atoms with van der Waals surface area (Å²) in [5, 5.41) is 11.5. The number of carboxylic acid groups (broad SMARTS) is 1. The number of rotatable bonds is 8. The highest BCUT2D eigenvalue weighted by atomic mass is 16.4. The van der Waals surface area contributed by atoms with Gasteiger partial charge in [0.25, 0.3) is 0 Å². The van der Waals surface area contributed by atoms with Gasteiger partial charge < -0.3 is 10.4 Å². The molecule has 0 saturated carbocycles. The zero-order valence-electron chi connectivity index (χ0n) is 10.5. The lowest BCUT2D eigenvalue weighted by Crippen LogP contribution is -2.33. The zero-order valence-corrected chi connectivity index (χ0v) is 10.5. The standard InChI is InChI=1S/C12H23NO3/c1-4-5-6-10(3)13-11(14)7-9(2)8-12(15)16/h9-10H,4-8H2,1-3H3,(H,13,14)(H,15,16). The molecule has 0 aromatic rings. The van der Waals surface area contributed by atoms with Crippen LogP contribution in [0.1, 0.15) is 52.9 Å². The summed E-state index contributed by atoms with van der Waals surface area (Å²) in [5.74, 6) is -0.993. The van der Waals surface area contributed by atoms with Crippen molar-refractivity contribution in [1.82, 2.24) is 5.32 Å². The van der Waals surface area contributed by atoms with Crippen LogP contribution < -0.4 is 5.32 Å². The summed E-state index contributed by atoms with van der Waals surface area (Å²) in [4.78, 5) is 21.9. The summed E-state index contributed by atoms with van der Waals surface area (Å²) in [6.45, 7) is 5.88. The highest BCUT2D eigenvalue weighted by Gasteiger charge is 2.13. The molecule has 4 nitrogen and oxygen atoms in total. The molecule has 0 heterocycles. The van der Waals surface area contributed by atoms with Gasteiger partial charge in [0.2, 0.25) is 5.91 Å². The Bertz CT molecular complexity index is 228. The van der Waals surface area contributed by atoms with Gasteiger partial charge in [0.15, 0.2) is 0 Å². The molecule has 0 aromatic heterocycles. The van der Waals surface area contributed by atoms with E-state index in [2.05, 4.69) is 12.2 Å². The maximum atomic E-state index is 11.5. The molecule has 0 bridgehead atoms. The quantitative estimate of drug-likeness (QED) is 0.670. The van der Waals surface area contributed by atoms with Crippen molar-refractivity contribution >= 4 is 11.9 Å². The molecule has 0 aliphatic rings. The minimum Gasteiger partial charge on any atom is -0.481 e. The third-order valence-corrected chi connectivity index (χ3v) is 2.46. The van der Waals surface area contributed by atoms with Crippen molar-refractivity contribution in [2.24, 2.45) is 5.92 Å². The van der Waals surface area contributed by atoms with E-state index >= 15 is 0 Å². The Balaban J connectivity index is 3.76. The van der Waals surface area contributed by atoms with Crippen molar-refractivity contribution in [1.29, 1.82) is 0 Å². The molecule has 0 radical (unpaired) electrons. The second kappa shape index (κ2) is 8.13. The number of aliphatic carboxylic acids is 1. The first-order valence-corrected chi connectivity index (χ1v) is 5.96. The summed E-state index contributed by atoms with van der Waals surface area (Å²) in [6, 6.07) is 0.185. The van der Waals surface area contributed by atoms with Crippen molar-refractivity contribution in [3.05, 3.63) is 0 Å². The third-order valence-electron chi connectivity index (χ3n) is 2.46. The fourth-order valence-electron chi connectivity index (χ4n) is 1.60. The molecule has 0 saturated heterocycles. The molecule has 0 aliphatic carbocycles. The van der Waals surface area contributed by atoms with Gasteiger partial charge in [-0.2, -0.15) is 0 Å². The molecule has 94 valence electrons. The maximum absolute atomic E-state index is 11.5. The molecule has 0 fully saturated rings. The molecule has 16 heavy (non-hydrogen) atoms. The molecular weight excluding hydrogens is 206 g/mol. The number of carbonyl (C=O) groups excluding carboxylic acids is 1. The highest BCUT2D eigenvalue weighted by Crippen LogP contribution is 2.08. The van der Waals surface area contributed by atoms with E-state index in [4.69, 9.17) is 5.11 Å². The van der Waals surface area contributed by atoms with E-state index in [1.807, 2.05) is 6.92 Å². The Labute approximate surface area is 97.4 Å². The first-order chi connectivity index (χ1) is 7.45. The zero-order chi connectivity index (χ0) is 12.6. The number of nitrogens with one attached hydrogen (secondary N) is 1. The monoisotopic (exact) mass is 229 g/mol. The normalized spacial score (nSPS) is 14.2. The molecule has 0 aliphatic heterocycles. The van der Waals surface area contributed by atoms with E-state index in [0.717, 1.165) is 19.3 Å².